The summed E-state index contributed by atoms with van der Waals surface area (Å²) in [5, 5.41) is 10.2. The number of aromatic nitrogens is 2. The van der Waals surface area contributed by atoms with Crippen molar-refractivity contribution in [2.75, 3.05) is 22.9 Å². The fourth-order valence-corrected chi connectivity index (χ4v) is 4.40. The molecule has 2 N–H and O–H groups in total. The van der Waals surface area contributed by atoms with Gasteiger partial charge in [0.15, 0.2) is 4.34 Å². The maximum absolute atomic E-state index is 12.3. The van der Waals surface area contributed by atoms with Gasteiger partial charge in [0.2, 0.25) is 11.0 Å². The number of carbonyl (C=O) groups excluding carboxylic acids is 2. The predicted molar refractivity (Wildman–Crippen MR) is 94.2 cm³/mol. The normalized spacial score (nSPS) is 11.0. The van der Waals surface area contributed by atoms with Gasteiger partial charge in [-0.2, -0.15) is 0 Å². The number of rotatable bonds is 7. The largest absolute Gasteiger partial charge is 0.468 e. The second-order valence-corrected chi connectivity index (χ2v) is 8.43. The molecule has 1 aromatic carbocycles. The fourth-order valence-electron chi connectivity index (χ4n) is 1.58. The van der Waals surface area contributed by atoms with E-state index in [1.54, 1.807) is 0 Å². The number of thioether (sulfide) groups is 1. The summed E-state index contributed by atoms with van der Waals surface area (Å²) in [5.41, 5.74) is 0.490. The van der Waals surface area contributed by atoms with E-state index in [0.717, 1.165) is 23.1 Å². The lowest BCUT2D eigenvalue weighted by atomic mass is 10.3. The van der Waals surface area contributed by atoms with Crippen molar-refractivity contribution in [3.8, 4) is 0 Å². The van der Waals surface area contributed by atoms with Crippen molar-refractivity contribution in [2.45, 2.75) is 16.2 Å². The minimum Gasteiger partial charge on any atom is -0.468 e. The van der Waals surface area contributed by atoms with Crippen LogP contribution in [0, 0.1) is 0 Å². The lowest BCUT2D eigenvalue weighted by molar-refractivity contribution is -0.137. The molecule has 0 unspecified atom stereocenters. The SMILES string of the molecule is COC(=O)CSc1nnc(NS(=O)(=O)c2ccc(NC(C)=O)cc2)s1. The second kappa shape index (κ2) is 8.27. The molecule has 25 heavy (non-hydrogen) atoms. The summed E-state index contributed by atoms with van der Waals surface area (Å²) < 4.78 is 31.9. The number of sulfonamides is 1. The van der Waals surface area contributed by atoms with Gasteiger partial charge >= 0.3 is 5.97 Å². The molecule has 0 saturated carbocycles. The van der Waals surface area contributed by atoms with E-state index in [2.05, 4.69) is 25.0 Å². The van der Waals surface area contributed by atoms with Gasteiger partial charge in [0, 0.05) is 12.6 Å². The van der Waals surface area contributed by atoms with E-state index in [4.69, 9.17) is 0 Å². The van der Waals surface area contributed by atoms with Crippen LogP contribution in [0.4, 0.5) is 10.8 Å². The van der Waals surface area contributed by atoms with Crippen molar-refractivity contribution in [1.29, 1.82) is 0 Å². The zero-order valence-corrected chi connectivity index (χ0v) is 15.6. The number of esters is 1. The molecule has 134 valence electrons. The summed E-state index contributed by atoms with van der Waals surface area (Å²) in [5.74, 6) is -0.608. The number of amides is 1. The van der Waals surface area contributed by atoms with Crippen LogP contribution in [0.5, 0.6) is 0 Å². The number of hydrogen-bond acceptors (Lipinski definition) is 9. The van der Waals surface area contributed by atoms with E-state index >= 15 is 0 Å². The average Bonchev–Trinajstić information content (AvgIpc) is 2.99. The van der Waals surface area contributed by atoms with Gasteiger partial charge in [-0.1, -0.05) is 23.1 Å². The molecular formula is C13H14N4O5S3. The molecule has 1 amide bonds. The number of anilines is 2. The number of nitrogens with one attached hydrogen (secondary N) is 2. The summed E-state index contributed by atoms with van der Waals surface area (Å²) in [7, 11) is -2.56. The first-order chi connectivity index (χ1) is 11.8. The number of benzene rings is 1. The van der Waals surface area contributed by atoms with Gasteiger partial charge < -0.3 is 10.1 Å². The van der Waals surface area contributed by atoms with Crippen molar-refractivity contribution in [2.24, 2.45) is 0 Å². The number of carbonyl (C=O) groups is 2. The highest BCUT2D eigenvalue weighted by atomic mass is 32.2. The van der Waals surface area contributed by atoms with Gasteiger partial charge in [0.05, 0.1) is 17.8 Å². The topological polar surface area (TPSA) is 127 Å². The molecule has 9 nitrogen and oxygen atoms in total. The molecule has 1 heterocycles. The summed E-state index contributed by atoms with van der Waals surface area (Å²) in [6.45, 7) is 1.36. The molecule has 0 spiro atoms. The van der Waals surface area contributed by atoms with Crippen molar-refractivity contribution in [3.63, 3.8) is 0 Å². The molecule has 0 fully saturated rings. The number of hydrogen-bond donors (Lipinski definition) is 2. The second-order valence-electron chi connectivity index (χ2n) is 4.55. The summed E-state index contributed by atoms with van der Waals surface area (Å²) >= 11 is 2.10. The van der Waals surface area contributed by atoms with Gasteiger partial charge in [-0.25, -0.2) is 8.42 Å². The van der Waals surface area contributed by atoms with Gasteiger partial charge in [-0.3, -0.25) is 14.3 Å². The molecule has 0 atom stereocenters. The minimum absolute atomic E-state index is 0.0144. The predicted octanol–water partition coefficient (Wildman–Crippen LogP) is 1.56. The Kier molecular flexibility index (Phi) is 6.33. The number of nitrogens with zero attached hydrogens (tertiary/aromatic N) is 2. The van der Waals surface area contributed by atoms with Crippen LogP contribution >= 0.6 is 23.1 Å². The maximum atomic E-state index is 12.3. The highest BCUT2D eigenvalue weighted by Gasteiger charge is 2.17. The van der Waals surface area contributed by atoms with E-state index in [9.17, 15) is 18.0 Å². The Labute approximate surface area is 152 Å². The fraction of sp³-hybridized carbons (Fsp3) is 0.231. The Morgan fingerprint density at radius 2 is 1.92 bits per heavy atom. The van der Waals surface area contributed by atoms with Crippen LogP contribution in [-0.4, -0.2) is 43.4 Å². The summed E-state index contributed by atoms with van der Waals surface area (Å²) in [4.78, 5) is 22.1. The van der Waals surface area contributed by atoms with E-state index < -0.39 is 16.0 Å². The molecule has 2 aromatic rings. The van der Waals surface area contributed by atoms with Crippen molar-refractivity contribution >= 4 is 55.8 Å². The van der Waals surface area contributed by atoms with Gasteiger partial charge in [0.25, 0.3) is 10.0 Å². The van der Waals surface area contributed by atoms with Crippen molar-refractivity contribution in [1.82, 2.24) is 10.2 Å². The third kappa shape index (κ3) is 5.69. The first kappa shape index (κ1) is 19.1. The van der Waals surface area contributed by atoms with Crippen LogP contribution < -0.4 is 10.0 Å². The monoisotopic (exact) mass is 402 g/mol. The maximum Gasteiger partial charge on any atom is 0.316 e. The highest BCUT2D eigenvalue weighted by molar-refractivity contribution is 8.01. The van der Waals surface area contributed by atoms with Gasteiger partial charge in [-0.15, -0.1) is 10.2 Å². The Morgan fingerprint density at radius 3 is 2.52 bits per heavy atom. The first-order valence-electron chi connectivity index (χ1n) is 6.74. The lowest BCUT2D eigenvalue weighted by Gasteiger charge is -2.06. The van der Waals surface area contributed by atoms with Gasteiger partial charge in [0.1, 0.15) is 0 Å². The molecular weight excluding hydrogens is 388 g/mol. The van der Waals surface area contributed by atoms with Crippen molar-refractivity contribution in [3.05, 3.63) is 24.3 Å². The average molecular weight is 402 g/mol. The third-order valence-electron chi connectivity index (χ3n) is 2.65. The third-order valence-corrected chi connectivity index (χ3v) is 6.08. The zero-order chi connectivity index (χ0) is 18.4. The Hall–Kier alpha value is -2.18. The van der Waals surface area contributed by atoms with E-state index in [1.807, 2.05) is 0 Å². The number of ether oxygens (including phenoxy) is 1. The lowest BCUT2D eigenvalue weighted by Crippen LogP contribution is -2.13. The van der Waals surface area contributed by atoms with E-state index in [-0.39, 0.29) is 21.7 Å². The van der Waals surface area contributed by atoms with Gasteiger partial charge in [-0.05, 0) is 24.3 Å². The standard InChI is InChI=1S/C13H14N4O5S3/c1-8(18)14-9-3-5-10(6-4-9)25(20,21)17-12-15-16-13(24-12)23-7-11(19)22-2/h3-6H,7H2,1-2H3,(H,14,18)(H,15,17). The number of methoxy groups -OCH3 is 1. The summed E-state index contributed by atoms with van der Waals surface area (Å²) in [6.07, 6.45) is 0. The van der Waals surface area contributed by atoms with Crippen molar-refractivity contribution < 1.29 is 22.7 Å². The minimum atomic E-state index is -3.84. The molecule has 0 aliphatic heterocycles. The molecule has 2 rings (SSSR count). The quantitative estimate of drug-likeness (QED) is 0.528. The van der Waals surface area contributed by atoms with Crippen LogP contribution in [0.3, 0.4) is 0 Å². The molecule has 0 aliphatic rings. The van der Waals surface area contributed by atoms with Crippen LogP contribution in [0.15, 0.2) is 33.5 Å². The molecule has 0 bridgehead atoms. The first-order valence-corrected chi connectivity index (χ1v) is 10.0. The summed E-state index contributed by atoms with van der Waals surface area (Å²) in [6, 6.07) is 5.69. The van der Waals surface area contributed by atoms with Crippen LogP contribution in [-0.2, 0) is 24.3 Å². The molecule has 0 saturated heterocycles. The Morgan fingerprint density at radius 1 is 1.24 bits per heavy atom. The highest BCUT2D eigenvalue weighted by Crippen LogP contribution is 2.27. The van der Waals surface area contributed by atoms with Crippen LogP contribution in [0.2, 0.25) is 0 Å². The molecule has 0 aliphatic carbocycles. The molecule has 0 radical (unpaired) electrons. The zero-order valence-electron chi connectivity index (χ0n) is 13.2. The smallest absolute Gasteiger partial charge is 0.316 e. The van der Waals surface area contributed by atoms with Crippen LogP contribution in [0.1, 0.15) is 6.92 Å². The van der Waals surface area contributed by atoms with Crippen LogP contribution in [0.25, 0.3) is 0 Å². The Balaban J connectivity index is 2.04. The van der Waals surface area contributed by atoms with E-state index in [0.29, 0.717) is 10.0 Å². The molecule has 1 aromatic heterocycles. The van der Waals surface area contributed by atoms with E-state index in [1.165, 1.54) is 38.3 Å². The Bertz CT molecular complexity index is 864. The molecule has 12 heteroatoms.